The summed E-state index contributed by atoms with van der Waals surface area (Å²) >= 11 is 0. The summed E-state index contributed by atoms with van der Waals surface area (Å²) in [5, 5.41) is 13.9. The Labute approximate surface area is 99.3 Å². The van der Waals surface area contributed by atoms with Crippen molar-refractivity contribution in [2.45, 2.75) is 6.92 Å². The molecular formula is C13H14N2O2. The Morgan fingerprint density at radius 1 is 1.29 bits per heavy atom. The molecule has 0 fully saturated rings. The lowest BCUT2D eigenvalue weighted by Gasteiger charge is -2.11. The average molecular weight is 230 g/mol. The van der Waals surface area contributed by atoms with Crippen LogP contribution in [-0.2, 0) is 0 Å². The number of benzene rings is 2. The molecule has 0 saturated heterocycles. The summed E-state index contributed by atoms with van der Waals surface area (Å²) in [6, 6.07) is 11.5. The van der Waals surface area contributed by atoms with Crippen molar-refractivity contribution >= 4 is 16.6 Å². The van der Waals surface area contributed by atoms with Crippen LogP contribution in [0.25, 0.3) is 10.8 Å². The average Bonchev–Trinajstić information content (AvgIpc) is 2.38. The van der Waals surface area contributed by atoms with Gasteiger partial charge in [0.05, 0.1) is 12.2 Å². The smallest absolute Gasteiger partial charge is 0.174 e. The van der Waals surface area contributed by atoms with Crippen LogP contribution in [0.4, 0.5) is 0 Å². The van der Waals surface area contributed by atoms with E-state index in [0.29, 0.717) is 17.9 Å². The van der Waals surface area contributed by atoms with E-state index in [9.17, 15) is 0 Å². The van der Waals surface area contributed by atoms with Crippen LogP contribution < -0.4 is 10.5 Å². The fraction of sp³-hybridized carbons (Fsp3) is 0.154. The molecule has 17 heavy (non-hydrogen) atoms. The maximum absolute atomic E-state index is 8.85. The minimum absolute atomic E-state index is 0.0604. The largest absolute Gasteiger partial charge is 0.493 e. The van der Waals surface area contributed by atoms with E-state index in [1.54, 1.807) is 0 Å². The number of amidine groups is 1. The van der Waals surface area contributed by atoms with Crippen LogP contribution in [0.3, 0.4) is 0 Å². The van der Waals surface area contributed by atoms with Gasteiger partial charge in [-0.3, -0.25) is 0 Å². The highest BCUT2D eigenvalue weighted by molar-refractivity contribution is 6.11. The third kappa shape index (κ3) is 2.01. The first-order valence-corrected chi connectivity index (χ1v) is 5.40. The topological polar surface area (TPSA) is 67.8 Å². The maximum Gasteiger partial charge on any atom is 0.174 e. The first-order chi connectivity index (χ1) is 8.27. The summed E-state index contributed by atoms with van der Waals surface area (Å²) < 4.78 is 5.50. The van der Waals surface area contributed by atoms with Crippen LogP contribution in [0.2, 0.25) is 0 Å². The maximum atomic E-state index is 8.85. The number of nitrogens with zero attached hydrogens (tertiary/aromatic N) is 1. The van der Waals surface area contributed by atoms with Gasteiger partial charge >= 0.3 is 0 Å². The normalized spacial score (nSPS) is 11.7. The second kappa shape index (κ2) is 4.74. The molecule has 0 aliphatic rings. The highest BCUT2D eigenvalue weighted by Crippen LogP contribution is 2.27. The zero-order valence-corrected chi connectivity index (χ0v) is 9.55. The predicted octanol–water partition coefficient (Wildman–Crippen LogP) is 2.33. The zero-order chi connectivity index (χ0) is 12.3. The van der Waals surface area contributed by atoms with Gasteiger partial charge in [0.25, 0.3) is 0 Å². The molecule has 2 rings (SSSR count). The predicted molar refractivity (Wildman–Crippen MR) is 67.6 cm³/mol. The van der Waals surface area contributed by atoms with E-state index in [0.717, 1.165) is 10.8 Å². The van der Waals surface area contributed by atoms with Gasteiger partial charge < -0.3 is 15.7 Å². The first kappa shape index (κ1) is 11.3. The molecule has 0 bridgehead atoms. The quantitative estimate of drug-likeness (QED) is 0.368. The summed E-state index contributed by atoms with van der Waals surface area (Å²) in [5.41, 5.74) is 6.34. The molecule has 4 heteroatoms. The molecule has 0 aliphatic carbocycles. The van der Waals surface area contributed by atoms with Gasteiger partial charge in [-0.05, 0) is 23.8 Å². The number of hydrogen-bond donors (Lipinski definition) is 2. The lowest BCUT2D eigenvalue weighted by atomic mass is 10.0. The number of oxime groups is 1. The van der Waals surface area contributed by atoms with Gasteiger partial charge in [-0.1, -0.05) is 35.5 Å². The molecule has 0 aromatic heterocycles. The molecule has 4 nitrogen and oxygen atoms in total. The van der Waals surface area contributed by atoms with Crippen molar-refractivity contribution in [3.05, 3.63) is 42.0 Å². The number of hydrogen-bond acceptors (Lipinski definition) is 3. The van der Waals surface area contributed by atoms with E-state index >= 15 is 0 Å². The summed E-state index contributed by atoms with van der Waals surface area (Å²) in [6.45, 7) is 2.43. The number of ether oxygens (including phenoxy) is 1. The Morgan fingerprint density at radius 3 is 2.76 bits per heavy atom. The summed E-state index contributed by atoms with van der Waals surface area (Å²) in [7, 11) is 0. The molecule has 0 radical (unpaired) electrons. The van der Waals surface area contributed by atoms with E-state index in [1.807, 2.05) is 43.3 Å². The zero-order valence-electron chi connectivity index (χ0n) is 9.55. The fourth-order valence-corrected chi connectivity index (χ4v) is 1.84. The van der Waals surface area contributed by atoms with Crippen molar-refractivity contribution in [1.82, 2.24) is 0 Å². The van der Waals surface area contributed by atoms with Crippen LogP contribution in [0.1, 0.15) is 12.5 Å². The molecule has 0 amide bonds. The molecule has 0 saturated carbocycles. The van der Waals surface area contributed by atoms with Crippen molar-refractivity contribution in [2.24, 2.45) is 10.9 Å². The van der Waals surface area contributed by atoms with E-state index in [1.165, 1.54) is 0 Å². The van der Waals surface area contributed by atoms with Crippen molar-refractivity contribution in [3.8, 4) is 5.75 Å². The van der Waals surface area contributed by atoms with Crippen LogP contribution >= 0.6 is 0 Å². The van der Waals surface area contributed by atoms with Gasteiger partial charge in [0, 0.05) is 0 Å². The highest BCUT2D eigenvalue weighted by atomic mass is 16.5. The molecule has 2 aromatic rings. The number of nitrogens with two attached hydrogens (primary N) is 1. The molecular weight excluding hydrogens is 216 g/mol. The summed E-state index contributed by atoms with van der Waals surface area (Å²) in [5.74, 6) is 0.687. The van der Waals surface area contributed by atoms with Crippen LogP contribution in [0.15, 0.2) is 41.6 Å². The third-order valence-corrected chi connectivity index (χ3v) is 2.55. The molecule has 0 heterocycles. The van der Waals surface area contributed by atoms with Gasteiger partial charge in [-0.15, -0.1) is 0 Å². The van der Waals surface area contributed by atoms with E-state index < -0.39 is 0 Å². The molecule has 0 spiro atoms. The lowest BCUT2D eigenvalue weighted by molar-refractivity contribution is 0.317. The van der Waals surface area contributed by atoms with Crippen LogP contribution in [0, 0.1) is 0 Å². The first-order valence-electron chi connectivity index (χ1n) is 5.40. The minimum Gasteiger partial charge on any atom is -0.493 e. The Kier molecular flexibility index (Phi) is 3.14. The van der Waals surface area contributed by atoms with Gasteiger partial charge in [-0.2, -0.15) is 0 Å². The van der Waals surface area contributed by atoms with Crippen LogP contribution in [0.5, 0.6) is 5.75 Å². The van der Waals surface area contributed by atoms with E-state index in [-0.39, 0.29) is 5.84 Å². The Hall–Kier alpha value is -2.23. The second-order valence-electron chi connectivity index (χ2n) is 3.58. The molecule has 88 valence electrons. The fourth-order valence-electron chi connectivity index (χ4n) is 1.84. The SMILES string of the molecule is CCOc1ccc2ccccc2c1/C(N)=N/O. The molecule has 0 atom stereocenters. The number of rotatable bonds is 3. The highest BCUT2D eigenvalue weighted by Gasteiger charge is 2.12. The second-order valence-corrected chi connectivity index (χ2v) is 3.58. The summed E-state index contributed by atoms with van der Waals surface area (Å²) in [6.07, 6.45) is 0. The Bertz CT molecular complexity index is 564. The standard InChI is InChI=1S/C13H14N2O2/c1-2-17-11-8-7-9-5-3-4-6-10(9)12(11)13(14)15-16/h3-8,16H,2H2,1H3,(H2,14,15). The van der Waals surface area contributed by atoms with Gasteiger partial charge in [0.1, 0.15) is 5.75 Å². The van der Waals surface area contributed by atoms with E-state index in [2.05, 4.69) is 5.16 Å². The van der Waals surface area contributed by atoms with Gasteiger partial charge in [0.15, 0.2) is 5.84 Å². The molecule has 2 aromatic carbocycles. The minimum atomic E-state index is 0.0604. The molecule has 3 N–H and O–H groups in total. The van der Waals surface area contributed by atoms with Crippen molar-refractivity contribution in [3.63, 3.8) is 0 Å². The summed E-state index contributed by atoms with van der Waals surface area (Å²) in [4.78, 5) is 0. The Morgan fingerprint density at radius 2 is 2.06 bits per heavy atom. The van der Waals surface area contributed by atoms with Crippen molar-refractivity contribution < 1.29 is 9.94 Å². The van der Waals surface area contributed by atoms with Gasteiger partial charge in [-0.25, -0.2) is 0 Å². The van der Waals surface area contributed by atoms with Crippen molar-refractivity contribution in [2.75, 3.05) is 6.61 Å². The molecule has 0 unspecified atom stereocenters. The van der Waals surface area contributed by atoms with Crippen LogP contribution in [-0.4, -0.2) is 17.6 Å². The monoisotopic (exact) mass is 230 g/mol. The lowest BCUT2D eigenvalue weighted by Crippen LogP contribution is -2.15. The number of fused-ring (bicyclic) bond motifs is 1. The van der Waals surface area contributed by atoms with Gasteiger partial charge in [0.2, 0.25) is 0 Å². The third-order valence-electron chi connectivity index (χ3n) is 2.55. The van der Waals surface area contributed by atoms with Crippen molar-refractivity contribution in [1.29, 1.82) is 0 Å². The Balaban J connectivity index is 2.75. The molecule has 0 aliphatic heterocycles. The van der Waals surface area contributed by atoms with E-state index in [4.69, 9.17) is 15.7 Å².